The molecule has 0 radical (unpaired) electrons. The van der Waals surface area contributed by atoms with Gasteiger partial charge in [-0.3, -0.25) is 14.4 Å². The van der Waals surface area contributed by atoms with Gasteiger partial charge >= 0.3 is 0 Å². The lowest BCUT2D eigenvalue weighted by molar-refractivity contribution is -0.140. The average molecular weight is 440 g/mol. The summed E-state index contributed by atoms with van der Waals surface area (Å²) in [5, 5.41) is 5.28. The number of nitrogens with one attached hydrogen (secondary N) is 2. The Bertz CT molecular complexity index is 898. The largest absolute Gasteiger partial charge is 0.497 e. The number of nitrogens with zero attached hydrogens (tertiary/aromatic N) is 1. The molecule has 0 aliphatic heterocycles. The molecule has 0 aromatic heterocycles. The molecule has 3 rings (SSSR count). The Morgan fingerprint density at radius 2 is 1.72 bits per heavy atom. The number of ether oxygens (including phenoxy) is 2. The summed E-state index contributed by atoms with van der Waals surface area (Å²) in [4.78, 5) is 38.6. The molecule has 0 unspecified atom stereocenters. The molecule has 0 heterocycles. The lowest BCUT2D eigenvalue weighted by Crippen LogP contribution is -2.44. The van der Waals surface area contributed by atoms with Gasteiger partial charge in [0.25, 0.3) is 0 Å². The van der Waals surface area contributed by atoms with E-state index in [9.17, 15) is 14.4 Å². The highest BCUT2D eigenvalue weighted by molar-refractivity contribution is 5.95. The van der Waals surface area contributed by atoms with Crippen LogP contribution in [0.1, 0.15) is 18.4 Å². The van der Waals surface area contributed by atoms with Crippen LogP contribution < -0.4 is 15.4 Å². The third kappa shape index (κ3) is 8.03. The minimum absolute atomic E-state index is 0.0904. The smallest absolute Gasteiger partial charge is 0.249 e. The zero-order valence-electron chi connectivity index (χ0n) is 18.2. The summed E-state index contributed by atoms with van der Waals surface area (Å²) < 4.78 is 10.6. The fourth-order valence-electron chi connectivity index (χ4n) is 3.08. The number of hydrogen-bond donors (Lipinski definition) is 2. The van der Waals surface area contributed by atoms with Gasteiger partial charge in [-0.25, -0.2) is 0 Å². The lowest BCUT2D eigenvalue weighted by atomic mass is 10.2. The van der Waals surface area contributed by atoms with Gasteiger partial charge in [-0.05, 0) is 48.6 Å². The number of carbonyl (C=O) groups excluding carboxylic acids is 3. The second kappa shape index (κ2) is 11.9. The molecule has 2 aromatic rings. The van der Waals surface area contributed by atoms with Crippen LogP contribution >= 0.6 is 0 Å². The van der Waals surface area contributed by atoms with Crippen LogP contribution in [0.2, 0.25) is 0 Å². The van der Waals surface area contributed by atoms with E-state index in [1.165, 1.54) is 4.90 Å². The third-order valence-electron chi connectivity index (χ3n) is 5.02. The summed E-state index contributed by atoms with van der Waals surface area (Å²) in [6, 6.07) is 16.5. The highest BCUT2D eigenvalue weighted by Crippen LogP contribution is 2.29. The van der Waals surface area contributed by atoms with Crippen LogP contribution in [0.15, 0.2) is 54.6 Å². The van der Waals surface area contributed by atoms with E-state index in [1.54, 1.807) is 31.4 Å². The average Bonchev–Trinajstić information content (AvgIpc) is 3.62. The standard InChI is InChI=1S/C24H29N3O5/c1-31-21-11-9-20(10-12-21)26-22(28)13-25-23(29)15-27(14-18-7-8-18)24(30)17-32-16-19-5-3-2-4-6-19/h2-6,9-12,18H,7-8,13-17H2,1H3,(H,25,29)(H,26,28). The zero-order chi connectivity index (χ0) is 22.8. The Labute approximate surface area is 187 Å². The van der Waals surface area contributed by atoms with Gasteiger partial charge in [-0.15, -0.1) is 0 Å². The molecule has 1 saturated carbocycles. The van der Waals surface area contributed by atoms with Gasteiger partial charge in [0.05, 0.1) is 26.8 Å². The fraction of sp³-hybridized carbons (Fsp3) is 0.375. The van der Waals surface area contributed by atoms with Crippen LogP contribution in [-0.2, 0) is 25.7 Å². The van der Waals surface area contributed by atoms with Crippen LogP contribution in [0.25, 0.3) is 0 Å². The monoisotopic (exact) mass is 439 g/mol. The Morgan fingerprint density at radius 1 is 1.00 bits per heavy atom. The van der Waals surface area contributed by atoms with Crippen LogP contribution in [0, 0.1) is 5.92 Å². The minimum atomic E-state index is -0.382. The van der Waals surface area contributed by atoms with Crippen LogP contribution in [0.3, 0.4) is 0 Å². The molecule has 8 heteroatoms. The predicted octanol–water partition coefficient (Wildman–Crippen LogP) is 2.21. The van der Waals surface area contributed by atoms with Gasteiger partial charge < -0.3 is 25.0 Å². The van der Waals surface area contributed by atoms with Crippen molar-refractivity contribution in [2.24, 2.45) is 5.92 Å². The summed E-state index contributed by atoms with van der Waals surface area (Å²) in [6.07, 6.45) is 2.11. The lowest BCUT2D eigenvalue weighted by Gasteiger charge is -2.22. The molecule has 0 saturated heterocycles. The molecule has 170 valence electrons. The summed E-state index contributed by atoms with van der Waals surface area (Å²) >= 11 is 0. The topological polar surface area (TPSA) is 97.0 Å². The van der Waals surface area contributed by atoms with Crippen molar-refractivity contribution >= 4 is 23.4 Å². The molecule has 2 aromatic carbocycles. The Hall–Kier alpha value is -3.39. The molecular formula is C24H29N3O5. The second-order valence-corrected chi connectivity index (χ2v) is 7.75. The molecule has 1 aliphatic rings. The van der Waals surface area contributed by atoms with E-state index in [0.29, 0.717) is 30.5 Å². The Kier molecular flexibility index (Phi) is 8.62. The quantitative estimate of drug-likeness (QED) is 0.529. The molecule has 1 aliphatic carbocycles. The third-order valence-corrected chi connectivity index (χ3v) is 5.02. The number of benzene rings is 2. The molecule has 3 amide bonds. The molecule has 32 heavy (non-hydrogen) atoms. The highest BCUT2D eigenvalue weighted by Gasteiger charge is 2.28. The molecule has 8 nitrogen and oxygen atoms in total. The molecule has 0 bridgehead atoms. The van der Waals surface area contributed by atoms with Crippen molar-refractivity contribution in [2.75, 3.05) is 38.7 Å². The van der Waals surface area contributed by atoms with Crippen LogP contribution in [-0.4, -0.2) is 56.0 Å². The van der Waals surface area contributed by atoms with E-state index in [4.69, 9.17) is 9.47 Å². The predicted molar refractivity (Wildman–Crippen MR) is 120 cm³/mol. The summed E-state index contributed by atoms with van der Waals surface area (Å²) in [5.74, 6) is 0.149. The van der Waals surface area contributed by atoms with Gasteiger partial charge in [-0.1, -0.05) is 30.3 Å². The minimum Gasteiger partial charge on any atom is -0.497 e. The van der Waals surface area contributed by atoms with Gasteiger partial charge in [0.2, 0.25) is 17.7 Å². The van der Waals surface area contributed by atoms with E-state index in [2.05, 4.69) is 10.6 Å². The molecule has 1 fully saturated rings. The number of methoxy groups -OCH3 is 1. The first-order valence-corrected chi connectivity index (χ1v) is 10.6. The maximum Gasteiger partial charge on any atom is 0.249 e. The second-order valence-electron chi connectivity index (χ2n) is 7.75. The molecule has 2 N–H and O–H groups in total. The number of rotatable bonds is 12. The number of carbonyl (C=O) groups is 3. The van der Waals surface area contributed by atoms with Crippen molar-refractivity contribution in [3.63, 3.8) is 0 Å². The summed E-state index contributed by atoms with van der Waals surface area (Å²) in [7, 11) is 1.57. The number of amides is 3. The van der Waals surface area contributed by atoms with E-state index in [1.807, 2.05) is 30.3 Å². The Balaban J connectivity index is 1.41. The van der Waals surface area contributed by atoms with Gasteiger partial charge in [0.1, 0.15) is 12.4 Å². The molecular weight excluding hydrogens is 410 g/mol. The van der Waals surface area contributed by atoms with E-state index < -0.39 is 0 Å². The fourth-order valence-corrected chi connectivity index (χ4v) is 3.08. The summed E-state index contributed by atoms with van der Waals surface area (Å²) in [5.41, 5.74) is 1.58. The van der Waals surface area contributed by atoms with Crippen molar-refractivity contribution in [3.05, 3.63) is 60.2 Å². The normalized spacial score (nSPS) is 12.7. The summed E-state index contributed by atoms with van der Waals surface area (Å²) in [6.45, 7) is 0.494. The number of hydrogen-bond acceptors (Lipinski definition) is 5. The Morgan fingerprint density at radius 3 is 2.38 bits per heavy atom. The first-order chi connectivity index (χ1) is 15.5. The number of anilines is 1. The van der Waals surface area contributed by atoms with Crippen molar-refractivity contribution in [1.82, 2.24) is 10.2 Å². The first-order valence-electron chi connectivity index (χ1n) is 10.6. The van der Waals surface area contributed by atoms with Crippen molar-refractivity contribution < 1.29 is 23.9 Å². The van der Waals surface area contributed by atoms with Crippen molar-refractivity contribution in [2.45, 2.75) is 19.4 Å². The van der Waals surface area contributed by atoms with E-state index in [-0.39, 0.29) is 37.4 Å². The maximum atomic E-state index is 12.6. The molecule has 0 spiro atoms. The maximum absolute atomic E-state index is 12.6. The first kappa shape index (κ1) is 23.3. The van der Waals surface area contributed by atoms with E-state index >= 15 is 0 Å². The van der Waals surface area contributed by atoms with Crippen molar-refractivity contribution in [3.8, 4) is 5.75 Å². The van der Waals surface area contributed by atoms with Gasteiger partial charge in [-0.2, -0.15) is 0 Å². The van der Waals surface area contributed by atoms with E-state index in [0.717, 1.165) is 18.4 Å². The zero-order valence-corrected chi connectivity index (χ0v) is 18.2. The SMILES string of the molecule is COc1ccc(NC(=O)CNC(=O)CN(CC2CC2)C(=O)COCc2ccccc2)cc1. The van der Waals surface area contributed by atoms with Gasteiger partial charge in [0, 0.05) is 12.2 Å². The van der Waals surface area contributed by atoms with Crippen molar-refractivity contribution in [1.29, 1.82) is 0 Å². The molecule has 0 atom stereocenters. The highest BCUT2D eigenvalue weighted by atomic mass is 16.5. The van der Waals surface area contributed by atoms with Gasteiger partial charge in [0.15, 0.2) is 0 Å². The van der Waals surface area contributed by atoms with Crippen LogP contribution in [0.5, 0.6) is 5.75 Å². The van der Waals surface area contributed by atoms with Crippen LogP contribution in [0.4, 0.5) is 5.69 Å².